The first-order chi connectivity index (χ1) is 7.58. The van der Waals surface area contributed by atoms with Gasteiger partial charge < -0.3 is 16.4 Å². The third kappa shape index (κ3) is 3.15. The summed E-state index contributed by atoms with van der Waals surface area (Å²) in [6.45, 7) is 0.496. The monoisotopic (exact) mass is 238 g/mol. The number of rotatable bonds is 3. The lowest BCUT2D eigenvalue weighted by Crippen LogP contribution is -2.13. The van der Waals surface area contributed by atoms with Gasteiger partial charge in [-0.15, -0.1) is 0 Å². The van der Waals surface area contributed by atoms with Crippen molar-refractivity contribution in [1.82, 2.24) is 0 Å². The van der Waals surface area contributed by atoms with Gasteiger partial charge in [0, 0.05) is 26.3 Å². The van der Waals surface area contributed by atoms with E-state index in [-0.39, 0.29) is 0 Å². The fourth-order valence-electron chi connectivity index (χ4n) is 1.41. The number of benzene rings is 1. The summed E-state index contributed by atoms with van der Waals surface area (Å²) >= 11 is 1.43. The lowest BCUT2D eigenvalue weighted by Gasteiger charge is -2.16. The quantitative estimate of drug-likeness (QED) is 0.619. The van der Waals surface area contributed by atoms with Crippen LogP contribution in [0.15, 0.2) is 23.2 Å². The zero-order chi connectivity index (χ0) is 12.1. The summed E-state index contributed by atoms with van der Waals surface area (Å²) in [6, 6.07) is 5.92. The average molecular weight is 238 g/mol. The Kier molecular flexibility index (Phi) is 4.64. The molecule has 0 saturated carbocycles. The molecule has 0 aliphatic carbocycles. The number of hydrogen-bond acceptors (Lipinski definition) is 4. The van der Waals surface area contributed by atoms with Gasteiger partial charge in [0.1, 0.15) is 0 Å². The minimum absolute atomic E-state index is 0.496. The van der Waals surface area contributed by atoms with E-state index in [2.05, 4.69) is 4.99 Å². The lowest BCUT2D eigenvalue weighted by atomic mass is 10.1. The Hall–Kier alpha value is -1.20. The molecule has 0 unspecified atom stereocenters. The summed E-state index contributed by atoms with van der Waals surface area (Å²) in [5.74, 6) is 0. The van der Waals surface area contributed by atoms with Crippen LogP contribution in [0, 0.1) is 0 Å². The Bertz CT molecular complexity index is 388. The molecule has 0 spiro atoms. The maximum absolute atomic E-state index is 5.71. The van der Waals surface area contributed by atoms with Gasteiger partial charge in [0.15, 0.2) is 5.17 Å². The molecule has 16 heavy (non-hydrogen) atoms. The molecule has 0 heterocycles. The van der Waals surface area contributed by atoms with Crippen molar-refractivity contribution in [1.29, 1.82) is 0 Å². The van der Waals surface area contributed by atoms with Crippen LogP contribution in [0.5, 0.6) is 0 Å². The number of anilines is 1. The zero-order valence-corrected chi connectivity index (χ0v) is 10.7. The topological polar surface area (TPSA) is 67.6 Å². The maximum atomic E-state index is 5.71. The molecule has 0 fully saturated rings. The summed E-state index contributed by atoms with van der Waals surface area (Å²) < 4.78 is 0. The predicted octanol–water partition coefficient (Wildman–Crippen LogP) is 1.52. The number of thioether (sulfide) groups is 1. The molecular formula is C11H18N4S. The summed E-state index contributed by atoms with van der Waals surface area (Å²) in [5.41, 5.74) is 14.4. The Balaban J connectivity index is 3.09. The first kappa shape index (κ1) is 12.9. The molecule has 4 nitrogen and oxygen atoms in total. The minimum Gasteiger partial charge on any atom is -0.378 e. The van der Waals surface area contributed by atoms with Gasteiger partial charge in [-0.25, -0.2) is 4.99 Å². The molecule has 0 aromatic heterocycles. The van der Waals surface area contributed by atoms with E-state index >= 15 is 0 Å². The highest BCUT2D eigenvalue weighted by atomic mass is 32.2. The molecule has 5 heteroatoms. The fraction of sp³-hybridized carbons (Fsp3) is 0.364. The summed E-state index contributed by atoms with van der Waals surface area (Å²) in [7, 11) is 3.99. The first-order valence-corrected chi connectivity index (χ1v) is 6.19. The maximum Gasteiger partial charge on any atom is 0.158 e. The van der Waals surface area contributed by atoms with Crippen LogP contribution >= 0.6 is 11.8 Å². The van der Waals surface area contributed by atoms with E-state index in [0.29, 0.717) is 11.7 Å². The van der Waals surface area contributed by atoms with Crippen molar-refractivity contribution in [3.63, 3.8) is 0 Å². The molecule has 4 N–H and O–H groups in total. The number of nitrogens with zero attached hydrogens (tertiary/aromatic N) is 2. The van der Waals surface area contributed by atoms with Gasteiger partial charge in [-0.2, -0.15) is 0 Å². The van der Waals surface area contributed by atoms with Gasteiger partial charge in [-0.1, -0.05) is 11.8 Å². The van der Waals surface area contributed by atoms with Crippen LogP contribution in [0.25, 0.3) is 0 Å². The van der Waals surface area contributed by atoms with Gasteiger partial charge in [-0.3, -0.25) is 0 Å². The molecular weight excluding hydrogens is 220 g/mol. The second-order valence-electron chi connectivity index (χ2n) is 3.57. The summed E-state index contributed by atoms with van der Waals surface area (Å²) in [4.78, 5) is 6.31. The van der Waals surface area contributed by atoms with Gasteiger partial charge in [0.05, 0.1) is 5.69 Å². The molecule has 1 aromatic carbocycles. The van der Waals surface area contributed by atoms with Gasteiger partial charge in [-0.05, 0) is 30.0 Å². The van der Waals surface area contributed by atoms with Crippen LogP contribution in [0.1, 0.15) is 5.56 Å². The Morgan fingerprint density at radius 1 is 1.44 bits per heavy atom. The highest BCUT2D eigenvalue weighted by molar-refractivity contribution is 8.13. The average Bonchev–Trinajstić information content (AvgIpc) is 2.28. The minimum atomic E-state index is 0.496. The third-order valence-electron chi connectivity index (χ3n) is 2.21. The summed E-state index contributed by atoms with van der Waals surface area (Å²) in [6.07, 6.45) is 1.90. The largest absolute Gasteiger partial charge is 0.378 e. The van der Waals surface area contributed by atoms with Crippen LogP contribution in [0.4, 0.5) is 11.4 Å². The SMILES string of the molecule is CSC(N)=Nc1ccc(N(C)C)c(CN)c1. The Labute approximate surface area is 101 Å². The fourth-order valence-corrected chi connectivity index (χ4v) is 1.61. The van der Waals surface area contributed by atoms with Crippen molar-refractivity contribution < 1.29 is 0 Å². The second kappa shape index (κ2) is 5.77. The van der Waals surface area contributed by atoms with Crippen molar-refractivity contribution in [2.24, 2.45) is 16.5 Å². The third-order valence-corrected chi connectivity index (χ3v) is 2.72. The lowest BCUT2D eigenvalue weighted by molar-refractivity contribution is 1.03. The highest BCUT2D eigenvalue weighted by Crippen LogP contribution is 2.24. The molecule has 0 aliphatic heterocycles. The predicted molar refractivity (Wildman–Crippen MR) is 73.5 cm³/mol. The van der Waals surface area contributed by atoms with Gasteiger partial charge in [0.2, 0.25) is 0 Å². The van der Waals surface area contributed by atoms with Crippen LogP contribution in [0.2, 0.25) is 0 Å². The molecule has 0 radical (unpaired) electrons. The van der Waals surface area contributed by atoms with Crippen LogP contribution in [0.3, 0.4) is 0 Å². The second-order valence-corrected chi connectivity index (χ2v) is 4.39. The number of amidine groups is 1. The number of aliphatic imine (C=N–C) groups is 1. The molecule has 0 saturated heterocycles. The van der Waals surface area contributed by atoms with E-state index in [1.807, 2.05) is 43.5 Å². The van der Waals surface area contributed by atoms with Crippen molar-refractivity contribution in [3.05, 3.63) is 23.8 Å². The Morgan fingerprint density at radius 3 is 2.62 bits per heavy atom. The first-order valence-electron chi connectivity index (χ1n) is 4.97. The molecule has 1 aromatic rings. The van der Waals surface area contributed by atoms with Crippen molar-refractivity contribution in [3.8, 4) is 0 Å². The number of nitrogens with two attached hydrogens (primary N) is 2. The van der Waals surface area contributed by atoms with Crippen LogP contribution in [-0.2, 0) is 6.54 Å². The van der Waals surface area contributed by atoms with Crippen LogP contribution in [-0.4, -0.2) is 25.5 Å². The molecule has 0 bridgehead atoms. The molecule has 0 atom stereocenters. The summed E-state index contributed by atoms with van der Waals surface area (Å²) in [5, 5.41) is 0.556. The van der Waals surface area contributed by atoms with E-state index in [0.717, 1.165) is 16.9 Å². The standard InChI is InChI=1S/C11H18N4S/c1-15(2)10-5-4-9(6-8(10)7-12)14-11(13)16-3/h4-6H,7,12H2,1-3H3,(H2,13,14). The van der Waals surface area contributed by atoms with Gasteiger partial charge in [0.25, 0.3) is 0 Å². The van der Waals surface area contributed by atoms with Crippen molar-refractivity contribution in [2.45, 2.75) is 6.54 Å². The van der Waals surface area contributed by atoms with E-state index < -0.39 is 0 Å². The smallest absolute Gasteiger partial charge is 0.158 e. The van der Waals surface area contributed by atoms with Crippen LogP contribution < -0.4 is 16.4 Å². The number of hydrogen-bond donors (Lipinski definition) is 2. The van der Waals surface area contributed by atoms with Gasteiger partial charge >= 0.3 is 0 Å². The van der Waals surface area contributed by atoms with Crippen molar-refractivity contribution in [2.75, 3.05) is 25.3 Å². The zero-order valence-electron chi connectivity index (χ0n) is 9.90. The van der Waals surface area contributed by atoms with Crippen molar-refractivity contribution >= 4 is 28.3 Å². The van der Waals surface area contributed by atoms with E-state index in [1.165, 1.54) is 11.8 Å². The highest BCUT2D eigenvalue weighted by Gasteiger charge is 2.04. The molecule has 0 amide bonds. The van der Waals surface area contributed by atoms with E-state index in [9.17, 15) is 0 Å². The molecule has 88 valence electrons. The molecule has 0 aliphatic rings. The van der Waals surface area contributed by atoms with E-state index in [4.69, 9.17) is 11.5 Å². The molecule has 1 rings (SSSR count). The Morgan fingerprint density at radius 2 is 2.12 bits per heavy atom. The normalized spacial score (nSPS) is 11.6. The van der Waals surface area contributed by atoms with E-state index in [1.54, 1.807) is 0 Å².